The smallest absolute Gasteiger partial charge is 0.379 e. The molecule has 0 amide bonds. The van der Waals surface area contributed by atoms with E-state index >= 15 is 0 Å². The number of halogens is 2. The van der Waals surface area contributed by atoms with Gasteiger partial charge in [0, 0.05) is 0 Å². The molecule has 0 radical (unpaired) electrons. The van der Waals surface area contributed by atoms with E-state index in [1.807, 2.05) is 0 Å². The SMILES string of the molecule is CCOC(=O)C(=O)c1cc(C(C)C)cc(C(F)F)c1O. The number of aromatic hydroxyl groups is 1. The number of ketones is 1. The molecular weight excluding hydrogens is 270 g/mol. The highest BCUT2D eigenvalue weighted by atomic mass is 19.3. The van der Waals surface area contributed by atoms with Gasteiger partial charge in [-0.05, 0) is 30.5 Å². The van der Waals surface area contributed by atoms with Crippen LogP contribution in [-0.4, -0.2) is 23.5 Å². The number of alkyl halides is 2. The third-order valence-corrected chi connectivity index (χ3v) is 2.77. The number of phenols is 1. The Morgan fingerprint density at radius 1 is 1.30 bits per heavy atom. The van der Waals surface area contributed by atoms with Crippen molar-refractivity contribution in [2.75, 3.05) is 6.61 Å². The summed E-state index contributed by atoms with van der Waals surface area (Å²) >= 11 is 0. The number of Topliss-reactive ketones (excluding diaryl/α,β-unsaturated/α-hetero) is 1. The Labute approximate surface area is 115 Å². The molecule has 0 heterocycles. The maximum atomic E-state index is 12.9. The van der Waals surface area contributed by atoms with Crippen LogP contribution in [-0.2, 0) is 9.53 Å². The summed E-state index contributed by atoms with van der Waals surface area (Å²) in [7, 11) is 0. The van der Waals surface area contributed by atoms with Crippen molar-refractivity contribution in [3.8, 4) is 5.75 Å². The minimum atomic E-state index is -2.94. The summed E-state index contributed by atoms with van der Waals surface area (Å²) < 4.78 is 30.3. The number of rotatable bonds is 5. The van der Waals surface area contributed by atoms with Crippen molar-refractivity contribution < 1.29 is 28.2 Å². The number of esters is 1. The summed E-state index contributed by atoms with van der Waals surface area (Å²) in [6.07, 6.45) is -2.94. The van der Waals surface area contributed by atoms with Gasteiger partial charge in [0.15, 0.2) is 0 Å². The van der Waals surface area contributed by atoms with E-state index in [1.54, 1.807) is 13.8 Å². The quantitative estimate of drug-likeness (QED) is 0.513. The molecule has 6 heteroatoms. The van der Waals surface area contributed by atoms with E-state index in [-0.39, 0.29) is 12.5 Å². The molecule has 1 rings (SSSR count). The summed E-state index contributed by atoms with van der Waals surface area (Å²) in [4.78, 5) is 23.2. The van der Waals surface area contributed by atoms with Crippen LogP contribution >= 0.6 is 0 Å². The van der Waals surface area contributed by atoms with E-state index in [4.69, 9.17) is 0 Å². The van der Waals surface area contributed by atoms with Gasteiger partial charge in [0.05, 0.1) is 17.7 Å². The van der Waals surface area contributed by atoms with Crippen LogP contribution in [0.4, 0.5) is 8.78 Å². The average molecular weight is 286 g/mol. The first-order valence-electron chi connectivity index (χ1n) is 6.15. The van der Waals surface area contributed by atoms with Gasteiger partial charge in [-0.3, -0.25) is 4.79 Å². The second-order valence-electron chi connectivity index (χ2n) is 4.51. The van der Waals surface area contributed by atoms with Crippen molar-refractivity contribution >= 4 is 11.8 Å². The molecular formula is C14H16F2O4. The maximum absolute atomic E-state index is 12.9. The third kappa shape index (κ3) is 3.31. The van der Waals surface area contributed by atoms with E-state index in [2.05, 4.69) is 4.74 Å². The standard InChI is InChI=1S/C14H16F2O4/c1-4-20-14(19)12(18)9-5-8(7(2)3)6-10(11(9)17)13(15)16/h5-7,13,17H,4H2,1-3H3. The molecule has 0 aliphatic rings. The lowest BCUT2D eigenvalue weighted by Gasteiger charge is -2.13. The molecule has 1 aromatic rings. The van der Waals surface area contributed by atoms with Gasteiger partial charge in [0.1, 0.15) is 5.75 Å². The molecule has 0 aromatic heterocycles. The summed E-state index contributed by atoms with van der Waals surface area (Å²) in [6, 6.07) is 2.37. The van der Waals surface area contributed by atoms with Crippen LogP contribution in [0, 0.1) is 0 Å². The maximum Gasteiger partial charge on any atom is 0.379 e. The van der Waals surface area contributed by atoms with Gasteiger partial charge in [-0.1, -0.05) is 13.8 Å². The molecule has 0 unspecified atom stereocenters. The highest BCUT2D eigenvalue weighted by molar-refractivity contribution is 6.41. The van der Waals surface area contributed by atoms with Crippen LogP contribution in [0.25, 0.3) is 0 Å². The molecule has 110 valence electrons. The Bertz CT molecular complexity index is 524. The summed E-state index contributed by atoms with van der Waals surface area (Å²) in [6.45, 7) is 5.00. The van der Waals surface area contributed by atoms with Gasteiger partial charge in [-0.15, -0.1) is 0 Å². The molecule has 0 fully saturated rings. The van der Waals surface area contributed by atoms with Gasteiger partial charge in [-0.2, -0.15) is 0 Å². The second kappa shape index (κ2) is 6.45. The fourth-order valence-electron chi connectivity index (χ4n) is 1.66. The highest BCUT2D eigenvalue weighted by Gasteiger charge is 2.26. The first kappa shape index (κ1) is 16.1. The molecule has 4 nitrogen and oxygen atoms in total. The Balaban J connectivity index is 3.37. The van der Waals surface area contributed by atoms with Crippen molar-refractivity contribution in [2.45, 2.75) is 33.1 Å². The molecule has 0 aliphatic carbocycles. The zero-order valence-corrected chi connectivity index (χ0v) is 11.4. The van der Waals surface area contributed by atoms with Crippen molar-refractivity contribution in [3.05, 3.63) is 28.8 Å². The van der Waals surface area contributed by atoms with Gasteiger partial charge in [0.25, 0.3) is 12.2 Å². The normalized spacial score (nSPS) is 10.9. The fourth-order valence-corrected chi connectivity index (χ4v) is 1.66. The van der Waals surface area contributed by atoms with E-state index in [9.17, 15) is 23.5 Å². The van der Waals surface area contributed by atoms with E-state index < -0.39 is 35.1 Å². The second-order valence-corrected chi connectivity index (χ2v) is 4.51. The molecule has 0 saturated heterocycles. The highest BCUT2D eigenvalue weighted by Crippen LogP contribution is 2.34. The average Bonchev–Trinajstić information content (AvgIpc) is 2.37. The first-order chi connectivity index (χ1) is 9.29. The Morgan fingerprint density at radius 2 is 1.90 bits per heavy atom. The van der Waals surface area contributed by atoms with Gasteiger partial charge in [-0.25, -0.2) is 13.6 Å². The van der Waals surface area contributed by atoms with E-state index in [1.165, 1.54) is 13.0 Å². The largest absolute Gasteiger partial charge is 0.507 e. The predicted molar refractivity (Wildman–Crippen MR) is 68.1 cm³/mol. The van der Waals surface area contributed by atoms with Crippen LogP contribution in [0.15, 0.2) is 12.1 Å². The number of carbonyl (C=O) groups is 2. The minimum Gasteiger partial charge on any atom is -0.507 e. The van der Waals surface area contributed by atoms with Crippen molar-refractivity contribution in [1.29, 1.82) is 0 Å². The van der Waals surface area contributed by atoms with Crippen molar-refractivity contribution in [1.82, 2.24) is 0 Å². The summed E-state index contributed by atoms with van der Waals surface area (Å²) in [5, 5.41) is 9.74. The Kier molecular flexibility index (Phi) is 5.19. The number of carbonyl (C=O) groups excluding carboxylic acids is 2. The number of hydrogen-bond acceptors (Lipinski definition) is 4. The molecule has 0 atom stereocenters. The van der Waals surface area contributed by atoms with Crippen LogP contribution in [0.2, 0.25) is 0 Å². The third-order valence-electron chi connectivity index (χ3n) is 2.77. The van der Waals surface area contributed by atoms with Crippen LogP contribution in [0.5, 0.6) is 5.75 Å². The molecule has 0 saturated carbocycles. The zero-order chi connectivity index (χ0) is 15.4. The van der Waals surface area contributed by atoms with E-state index in [0.717, 1.165) is 6.07 Å². The Morgan fingerprint density at radius 3 is 2.35 bits per heavy atom. The Hall–Kier alpha value is -1.98. The number of benzene rings is 1. The van der Waals surface area contributed by atoms with Crippen LogP contribution < -0.4 is 0 Å². The van der Waals surface area contributed by atoms with E-state index in [0.29, 0.717) is 5.56 Å². The molecule has 0 bridgehead atoms. The lowest BCUT2D eigenvalue weighted by molar-refractivity contribution is -0.137. The van der Waals surface area contributed by atoms with Crippen molar-refractivity contribution in [3.63, 3.8) is 0 Å². The molecule has 20 heavy (non-hydrogen) atoms. The van der Waals surface area contributed by atoms with Gasteiger partial charge >= 0.3 is 5.97 Å². The van der Waals surface area contributed by atoms with Gasteiger partial charge < -0.3 is 9.84 Å². The van der Waals surface area contributed by atoms with Crippen LogP contribution in [0.3, 0.4) is 0 Å². The lowest BCUT2D eigenvalue weighted by Crippen LogP contribution is -2.18. The minimum absolute atomic E-state index is 0.0170. The fraction of sp³-hybridized carbons (Fsp3) is 0.429. The van der Waals surface area contributed by atoms with Gasteiger partial charge in [0.2, 0.25) is 0 Å². The zero-order valence-electron chi connectivity index (χ0n) is 11.4. The van der Waals surface area contributed by atoms with Crippen molar-refractivity contribution in [2.24, 2.45) is 0 Å². The topological polar surface area (TPSA) is 63.6 Å². The van der Waals surface area contributed by atoms with Crippen LogP contribution in [0.1, 0.15) is 54.6 Å². The summed E-state index contributed by atoms with van der Waals surface area (Å²) in [5.41, 5.74) is -0.681. The first-order valence-corrected chi connectivity index (χ1v) is 6.15. The monoisotopic (exact) mass is 286 g/mol. The number of ether oxygens (including phenoxy) is 1. The number of hydrogen-bond donors (Lipinski definition) is 1. The molecule has 1 aromatic carbocycles. The summed E-state index contributed by atoms with van der Waals surface area (Å²) in [5.74, 6) is -3.32. The predicted octanol–water partition coefficient (Wildman–Crippen LogP) is 3.20. The molecule has 0 spiro atoms. The molecule has 1 N–H and O–H groups in total. The number of phenolic OH excluding ortho intramolecular Hbond substituents is 1. The molecule has 0 aliphatic heterocycles. The lowest BCUT2D eigenvalue weighted by atomic mass is 9.95.